The summed E-state index contributed by atoms with van der Waals surface area (Å²) in [4.78, 5) is 16.0. The number of nitrogens with one attached hydrogen (secondary N) is 1. The highest BCUT2D eigenvalue weighted by Gasteiger charge is 2.26. The molecular formula is C14H28Cl2N4O. The van der Waals surface area contributed by atoms with Crippen molar-refractivity contribution in [2.45, 2.75) is 53.1 Å². The molecule has 3 N–H and O–H groups in total. The summed E-state index contributed by atoms with van der Waals surface area (Å²) in [6.07, 6.45) is 5.74. The monoisotopic (exact) mass is 338 g/mol. The van der Waals surface area contributed by atoms with Crippen molar-refractivity contribution in [3.8, 4) is 0 Å². The molecule has 7 heteroatoms. The topological polar surface area (TPSA) is 72.9 Å². The van der Waals surface area contributed by atoms with Crippen molar-refractivity contribution in [3.63, 3.8) is 0 Å². The van der Waals surface area contributed by atoms with Gasteiger partial charge in [-0.15, -0.1) is 24.8 Å². The summed E-state index contributed by atoms with van der Waals surface area (Å²) in [6.45, 7) is 9.52. The average molecular weight is 339 g/mol. The Morgan fingerprint density at radius 3 is 2.48 bits per heavy atom. The van der Waals surface area contributed by atoms with Gasteiger partial charge in [0.05, 0.1) is 6.04 Å². The molecule has 0 aliphatic rings. The van der Waals surface area contributed by atoms with Crippen LogP contribution in [0.1, 0.15) is 39.4 Å². The summed E-state index contributed by atoms with van der Waals surface area (Å²) >= 11 is 0. The number of nitrogens with two attached hydrogens (primary N) is 1. The van der Waals surface area contributed by atoms with Crippen molar-refractivity contribution < 1.29 is 4.79 Å². The molecule has 0 saturated heterocycles. The Kier molecular flexibility index (Phi) is 10.7. The quantitative estimate of drug-likeness (QED) is 0.781. The molecule has 0 aliphatic heterocycles. The Morgan fingerprint density at radius 2 is 2.00 bits per heavy atom. The Balaban J connectivity index is 0. The lowest BCUT2D eigenvalue weighted by atomic mass is 9.87. The Morgan fingerprint density at radius 1 is 1.38 bits per heavy atom. The normalized spacial score (nSPS) is 12.0. The van der Waals surface area contributed by atoms with Crippen LogP contribution in [-0.4, -0.2) is 28.0 Å². The van der Waals surface area contributed by atoms with E-state index in [1.54, 1.807) is 6.20 Å². The van der Waals surface area contributed by atoms with Gasteiger partial charge in [0, 0.05) is 25.5 Å². The van der Waals surface area contributed by atoms with Crippen LogP contribution in [0.2, 0.25) is 0 Å². The molecule has 0 radical (unpaired) electrons. The van der Waals surface area contributed by atoms with E-state index in [1.165, 1.54) is 0 Å². The second kappa shape index (κ2) is 10.0. The fourth-order valence-corrected chi connectivity index (χ4v) is 1.76. The molecule has 1 amide bonds. The number of carbonyl (C=O) groups excluding carboxylic acids is 1. The highest BCUT2D eigenvalue weighted by atomic mass is 35.5. The lowest BCUT2D eigenvalue weighted by Gasteiger charge is -2.25. The van der Waals surface area contributed by atoms with Crippen molar-refractivity contribution in [3.05, 3.63) is 18.2 Å². The van der Waals surface area contributed by atoms with Gasteiger partial charge in [0.15, 0.2) is 0 Å². The second-order valence-electron chi connectivity index (χ2n) is 6.01. The highest BCUT2D eigenvalue weighted by Crippen LogP contribution is 2.17. The molecule has 0 saturated carbocycles. The Labute approximate surface area is 139 Å². The van der Waals surface area contributed by atoms with Crippen molar-refractivity contribution >= 4 is 30.7 Å². The van der Waals surface area contributed by atoms with Gasteiger partial charge >= 0.3 is 0 Å². The van der Waals surface area contributed by atoms with Crippen LogP contribution in [-0.2, 0) is 11.3 Å². The SMILES string of the molecule is Cc1nccn1CCCCNC(=O)[C@@H](N)C(C)(C)C.Cl.Cl. The fraction of sp³-hybridized carbons (Fsp3) is 0.714. The van der Waals surface area contributed by atoms with E-state index in [2.05, 4.69) is 14.9 Å². The third-order valence-electron chi connectivity index (χ3n) is 3.26. The zero-order chi connectivity index (χ0) is 14.5. The van der Waals surface area contributed by atoms with Crippen LogP contribution in [0.15, 0.2) is 12.4 Å². The molecule has 1 atom stereocenters. The molecule has 124 valence electrons. The number of aromatic nitrogens is 2. The Hall–Kier alpha value is -0.780. The molecule has 0 spiro atoms. The van der Waals surface area contributed by atoms with Gasteiger partial charge in [-0.3, -0.25) is 4.79 Å². The zero-order valence-electron chi connectivity index (χ0n) is 13.3. The molecule has 1 aromatic heterocycles. The minimum Gasteiger partial charge on any atom is -0.355 e. The third-order valence-corrected chi connectivity index (χ3v) is 3.26. The van der Waals surface area contributed by atoms with E-state index in [-0.39, 0.29) is 36.1 Å². The predicted molar refractivity (Wildman–Crippen MR) is 91.1 cm³/mol. The first kappa shape index (κ1) is 22.5. The van der Waals surface area contributed by atoms with E-state index in [0.29, 0.717) is 6.54 Å². The summed E-state index contributed by atoms with van der Waals surface area (Å²) in [6, 6.07) is -0.455. The van der Waals surface area contributed by atoms with Gasteiger partial charge in [-0.2, -0.15) is 0 Å². The Bertz CT molecular complexity index is 415. The van der Waals surface area contributed by atoms with E-state index in [4.69, 9.17) is 5.73 Å². The van der Waals surface area contributed by atoms with Crippen LogP contribution >= 0.6 is 24.8 Å². The van der Waals surface area contributed by atoms with E-state index in [1.807, 2.05) is 33.9 Å². The summed E-state index contributed by atoms with van der Waals surface area (Å²) < 4.78 is 2.11. The molecule has 5 nitrogen and oxygen atoms in total. The van der Waals surface area contributed by atoms with Gasteiger partial charge in [0.2, 0.25) is 5.91 Å². The van der Waals surface area contributed by atoms with E-state index < -0.39 is 6.04 Å². The molecular weight excluding hydrogens is 311 g/mol. The van der Waals surface area contributed by atoms with Crippen molar-refractivity contribution in [1.29, 1.82) is 0 Å². The van der Waals surface area contributed by atoms with Crippen LogP contribution in [0.5, 0.6) is 0 Å². The summed E-state index contributed by atoms with van der Waals surface area (Å²) in [5.74, 6) is 0.963. The molecule has 0 aliphatic carbocycles. The number of aryl methyl sites for hydroxylation is 2. The van der Waals surface area contributed by atoms with Gasteiger partial charge < -0.3 is 15.6 Å². The first-order chi connectivity index (χ1) is 8.82. The van der Waals surface area contributed by atoms with Crippen LogP contribution < -0.4 is 11.1 Å². The van der Waals surface area contributed by atoms with Gasteiger partial charge in [0.25, 0.3) is 0 Å². The lowest BCUT2D eigenvalue weighted by Crippen LogP contribution is -2.48. The summed E-state index contributed by atoms with van der Waals surface area (Å²) in [7, 11) is 0. The van der Waals surface area contributed by atoms with Gasteiger partial charge in [-0.05, 0) is 25.2 Å². The van der Waals surface area contributed by atoms with Gasteiger partial charge in [-0.25, -0.2) is 4.98 Å². The third kappa shape index (κ3) is 7.69. The first-order valence-corrected chi connectivity index (χ1v) is 6.83. The van der Waals surface area contributed by atoms with Crippen LogP contribution in [0.25, 0.3) is 0 Å². The molecule has 0 fully saturated rings. The van der Waals surface area contributed by atoms with E-state index in [0.717, 1.165) is 25.2 Å². The number of amides is 1. The maximum absolute atomic E-state index is 11.8. The molecule has 0 aromatic carbocycles. The van der Waals surface area contributed by atoms with Crippen LogP contribution in [0.4, 0.5) is 0 Å². The average Bonchev–Trinajstić information content (AvgIpc) is 2.72. The lowest BCUT2D eigenvalue weighted by molar-refractivity contribution is -0.124. The molecule has 0 unspecified atom stereocenters. The second-order valence-corrected chi connectivity index (χ2v) is 6.01. The summed E-state index contributed by atoms with van der Waals surface area (Å²) in [5, 5.41) is 2.89. The number of halogens is 2. The minimum absolute atomic E-state index is 0. The smallest absolute Gasteiger partial charge is 0.237 e. The van der Waals surface area contributed by atoms with E-state index >= 15 is 0 Å². The molecule has 1 aromatic rings. The summed E-state index contributed by atoms with van der Waals surface area (Å²) in [5.41, 5.74) is 5.69. The molecule has 21 heavy (non-hydrogen) atoms. The number of hydrogen-bond donors (Lipinski definition) is 2. The number of nitrogens with zero attached hydrogens (tertiary/aromatic N) is 2. The minimum atomic E-state index is -0.455. The maximum Gasteiger partial charge on any atom is 0.237 e. The molecule has 0 bridgehead atoms. The standard InChI is InChI=1S/C14H26N4O.2ClH/c1-11-16-8-10-18(11)9-6-5-7-17-13(19)12(15)14(2,3)4;;/h8,10,12H,5-7,9,15H2,1-4H3,(H,17,19);2*1H/t12-;;/m1../s1. The number of unbranched alkanes of at least 4 members (excludes halogenated alkanes) is 1. The highest BCUT2D eigenvalue weighted by molar-refractivity contribution is 5.85. The van der Waals surface area contributed by atoms with Crippen molar-refractivity contribution in [2.75, 3.05) is 6.54 Å². The van der Waals surface area contributed by atoms with Crippen LogP contribution in [0, 0.1) is 12.3 Å². The van der Waals surface area contributed by atoms with Gasteiger partial charge in [-0.1, -0.05) is 20.8 Å². The predicted octanol–water partition coefficient (Wildman–Crippen LogP) is 2.30. The largest absolute Gasteiger partial charge is 0.355 e. The first-order valence-electron chi connectivity index (χ1n) is 6.83. The number of hydrogen-bond acceptors (Lipinski definition) is 3. The number of imidazole rings is 1. The maximum atomic E-state index is 11.8. The number of carbonyl (C=O) groups is 1. The zero-order valence-corrected chi connectivity index (χ0v) is 14.9. The van der Waals surface area contributed by atoms with Crippen molar-refractivity contribution in [2.24, 2.45) is 11.1 Å². The van der Waals surface area contributed by atoms with E-state index in [9.17, 15) is 4.79 Å². The van der Waals surface area contributed by atoms with Crippen molar-refractivity contribution in [1.82, 2.24) is 14.9 Å². The van der Waals surface area contributed by atoms with Gasteiger partial charge in [0.1, 0.15) is 5.82 Å². The molecule has 1 heterocycles. The van der Waals surface area contributed by atoms with Crippen LogP contribution in [0.3, 0.4) is 0 Å². The fourth-order valence-electron chi connectivity index (χ4n) is 1.76. The molecule has 1 rings (SSSR count). The number of rotatable bonds is 6.